The van der Waals surface area contributed by atoms with E-state index in [0.29, 0.717) is 10.5 Å². The van der Waals surface area contributed by atoms with Crippen LogP contribution in [0, 0.1) is 0 Å². The van der Waals surface area contributed by atoms with Crippen LogP contribution in [0.15, 0.2) is 53.4 Å². The van der Waals surface area contributed by atoms with E-state index in [9.17, 15) is 31.6 Å². The average molecular weight is 468 g/mol. The normalized spacial score (nSPS) is 18.6. The van der Waals surface area contributed by atoms with Crippen LogP contribution in [0.3, 0.4) is 0 Å². The topological polar surface area (TPSA) is 148 Å². The zero-order valence-corrected chi connectivity index (χ0v) is 17.4. The Labute approximate surface area is 181 Å². The van der Waals surface area contributed by atoms with Crippen molar-refractivity contribution in [3.8, 4) is 5.75 Å². The predicted octanol–water partition coefficient (Wildman–Crippen LogP) is 1.34. The number of carbonyl (C=O) groups is 3. The van der Waals surface area contributed by atoms with E-state index in [4.69, 9.17) is 5.14 Å². The Morgan fingerprint density at radius 1 is 1.16 bits per heavy atom. The van der Waals surface area contributed by atoms with Gasteiger partial charge < -0.3 is 15.4 Å². The van der Waals surface area contributed by atoms with Gasteiger partial charge in [0.25, 0.3) is 5.91 Å². The van der Waals surface area contributed by atoms with E-state index in [1.165, 1.54) is 55.5 Å². The zero-order chi connectivity index (χ0) is 23.7. The van der Waals surface area contributed by atoms with Crippen LogP contribution in [-0.4, -0.2) is 44.3 Å². The number of ether oxygens (including phenoxy) is 1. The van der Waals surface area contributed by atoms with Crippen LogP contribution >= 0.6 is 0 Å². The molecule has 2 aromatic carbocycles. The Bertz CT molecular complexity index is 1160. The molecule has 1 atom stereocenters. The van der Waals surface area contributed by atoms with Crippen molar-refractivity contribution in [3.05, 3.63) is 54.1 Å². The Balaban J connectivity index is 1.69. The number of carbonyl (C=O) groups excluding carboxylic acids is 3. The minimum atomic E-state index is -3.89. The van der Waals surface area contributed by atoms with E-state index in [2.05, 4.69) is 15.4 Å². The number of alkyl halides is 2. The number of nitrogens with zero attached hydrogens (tertiary/aromatic N) is 1. The van der Waals surface area contributed by atoms with Crippen molar-refractivity contribution in [1.29, 1.82) is 0 Å². The molecule has 170 valence electrons. The number of hydrogen-bond acceptors (Lipinski definition) is 6. The fourth-order valence-corrected chi connectivity index (χ4v) is 3.59. The van der Waals surface area contributed by atoms with Crippen molar-refractivity contribution in [2.24, 2.45) is 5.14 Å². The van der Waals surface area contributed by atoms with Crippen molar-refractivity contribution in [1.82, 2.24) is 10.2 Å². The summed E-state index contributed by atoms with van der Waals surface area (Å²) in [6.45, 7) is -2.20. The fourth-order valence-electron chi connectivity index (χ4n) is 3.08. The molecule has 4 amide bonds. The van der Waals surface area contributed by atoms with Gasteiger partial charge in [0.1, 0.15) is 17.8 Å². The summed E-state index contributed by atoms with van der Waals surface area (Å²) >= 11 is 0. The Morgan fingerprint density at radius 2 is 1.75 bits per heavy atom. The lowest BCUT2D eigenvalue weighted by Gasteiger charge is -2.22. The Hall–Kier alpha value is -3.58. The number of urea groups is 1. The number of amides is 4. The molecule has 10 nitrogen and oxygen atoms in total. The molecule has 3 rings (SSSR count). The van der Waals surface area contributed by atoms with Crippen LogP contribution in [0.4, 0.5) is 19.3 Å². The van der Waals surface area contributed by atoms with Crippen molar-refractivity contribution < 1.29 is 36.3 Å². The molecule has 0 unspecified atom stereocenters. The van der Waals surface area contributed by atoms with Gasteiger partial charge in [-0.3, -0.25) is 14.5 Å². The van der Waals surface area contributed by atoms with E-state index >= 15 is 0 Å². The maximum Gasteiger partial charge on any atom is 0.387 e. The van der Waals surface area contributed by atoms with Crippen LogP contribution in [0.25, 0.3) is 0 Å². The first-order valence-electron chi connectivity index (χ1n) is 9.02. The summed E-state index contributed by atoms with van der Waals surface area (Å²) in [5.74, 6) is -1.54. The summed E-state index contributed by atoms with van der Waals surface area (Å²) in [5.41, 5.74) is -0.983. The maximum absolute atomic E-state index is 12.9. The van der Waals surface area contributed by atoms with Crippen molar-refractivity contribution >= 4 is 33.6 Å². The van der Waals surface area contributed by atoms with Gasteiger partial charge in [-0.1, -0.05) is 12.1 Å². The van der Waals surface area contributed by atoms with Crippen LogP contribution < -0.4 is 20.5 Å². The first-order chi connectivity index (χ1) is 14.9. The third-order valence-corrected chi connectivity index (χ3v) is 5.63. The van der Waals surface area contributed by atoms with Gasteiger partial charge >= 0.3 is 12.6 Å². The molecule has 32 heavy (non-hydrogen) atoms. The molecule has 1 aliphatic rings. The van der Waals surface area contributed by atoms with Crippen LogP contribution in [0.5, 0.6) is 5.75 Å². The second-order valence-electron chi connectivity index (χ2n) is 6.97. The molecule has 13 heteroatoms. The largest absolute Gasteiger partial charge is 0.435 e. The summed E-state index contributed by atoms with van der Waals surface area (Å²) in [6.07, 6.45) is 0. The van der Waals surface area contributed by atoms with E-state index in [0.717, 1.165) is 0 Å². The third kappa shape index (κ3) is 4.84. The lowest BCUT2D eigenvalue weighted by Crippen LogP contribution is -2.42. The molecule has 1 heterocycles. The molecule has 0 bridgehead atoms. The highest BCUT2D eigenvalue weighted by Gasteiger charge is 2.49. The third-order valence-electron chi connectivity index (χ3n) is 4.70. The Kier molecular flexibility index (Phi) is 6.14. The van der Waals surface area contributed by atoms with Gasteiger partial charge in [0, 0.05) is 5.69 Å². The van der Waals surface area contributed by atoms with Crippen molar-refractivity contribution in [3.63, 3.8) is 0 Å². The molecule has 0 spiro atoms. The number of halogens is 2. The number of sulfonamides is 1. The molecule has 1 aliphatic heterocycles. The first kappa shape index (κ1) is 23.1. The van der Waals surface area contributed by atoms with Gasteiger partial charge in [-0.25, -0.2) is 18.4 Å². The maximum atomic E-state index is 12.9. The predicted molar refractivity (Wildman–Crippen MR) is 107 cm³/mol. The number of benzene rings is 2. The van der Waals surface area contributed by atoms with E-state index < -0.39 is 46.6 Å². The molecule has 1 fully saturated rings. The highest BCUT2D eigenvalue weighted by molar-refractivity contribution is 7.89. The van der Waals surface area contributed by atoms with E-state index in [1.54, 1.807) is 0 Å². The number of nitrogens with one attached hydrogen (secondary N) is 2. The number of primary sulfonamides is 1. The molecule has 2 aromatic rings. The van der Waals surface area contributed by atoms with Crippen LogP contribution in [0.1, 0.15) is 12.5 Å². The van der Waals surface area contributed by atoms with Gasteiger partial charge in [-0.2, -0.15) is 8.78 Å². The average Bonchev–Trinajstić information content (AvgIpc) is 2.91. The lowest BCUT2D eigenvalue weighted by atomic mass is 9.92. The lowest BCUT2D eigenvalue weighted by molar-refractivity contribution is -0.133. The number of anilines is 1. The van der Waals surface area contributed by atoms with E-state index in [1.807, 2.05) is 0 Å². The summed E-state index contributed by atoms with van der Waals surface area (Å²) in [5, 5.41) is 9.94. The van der Waals surface area contributed by atoms with Gasteiger partial charge in [-0.05, 0) is 48.9 Å². The molecule has 0 aromatic heterocycles. The second-order valence-corrected chi connectivity index (χ2v) is 8.53. The SMILES string of the molecule is C[C@@]1(c2ccc(OC(F)F)cc2)NC(=O)N(CC(=O)Nc2ccc(S(N)(=O)=O)cc2)C1=O. The van der Waals surface area contributed by atoms with E-state index in [-0.39, 0.29) is 16.3 Å². The quantitative estimate of drug-likeness (QED) is 0.523. The second kappa shape index (κ2) is 8.51. The minimum Gasteiger partial charge on any atom is -0.435 e. The van der Waals surface area contributed by atoms with Gasteiger partial charge in [0.2, 0.25) is 15.9 Å². The molecular weight excluding hydrogens is 450 g/mol. The number of hydrogen-bond donors (Lipinski definition) is 3. The molecular formula is C19H18F2N4O6S. The number of nitrogens with two attached hydrogens (primary N) is 1. The van der Waals surface area contributed by atoms with Crippen molar-refractivity contribution in [2.75, 3.05) is 11.9 Å². The van der Waals surface area contributed by atoms with Gasteiger partial charge in [0.15, 0.2) is 0 Å². The smallest absolute Gasteiger partial charge is 0.387 e. The monoisotopic (exact) mass is 468 g/mol. The minimum absolute atomic E-state index is 0.117. The first-order valence-corrected chi connectivity index (χ1v) is 10.6. The van der Waals surface area contributed by atoms with Gasteiger partial charge in [0.05, 0.1) is 4.90 Å². The number of imide groups is 1. The standard InChI is InChI=1S/C19H18F2N4O6S/c1-19(11-2-6-13(7-3-11)31-17(20)21)16(27)25(18(28)24-19)10-15(26)23-12-4-8-14(9-5-12)32(22,29)30/h2-9,17H,10H2,1H3,(H,23,26)(H,24,28)(H2,22,29,30)/t19-/m0/s1. The van der Waals surface area contributed by atoms with Crippen LogP contribution in [0.2, 0.25) is 0 Å². The fraction of sp³-hybridized carbons (Fsp3) is 0.211. The zero-order valence-electron chi connectivity index (χ0n) is 16.5. The summed E-state index contributed by atoms with van der Waals surface area (Å²) in [6, 6.07) is 9.34. The summed E-state index contributed by atoms with van der Waals surface area (Å²) in [4.78, 5) is 38.1. The molecule has 4 N–H and O–H groups in total. The van der Waals surface area contributed by atoms with Crippen molar-refractivity contribution in [2.45, 2.75) is 24.0 Å². The Morgan fingerprint density at radius 3 is 2.28 bits per heavy atom. The molecule has 0 radical (unpaired) electrons. The van der Waals surface area contributed by atoms with Gasteiger partial charge in [-0.15, -0.1) is 0 Å². The molecule has 1 saturated heterocycles. The summed E-state index contributed by atoms with van der Waals surface area (Å²) in [7, 11) is -3.89. The summed E-state index contributed by atoms with van der Waals surface area (Å²) < 4.78 is 51.4. The number of rotatable bonds is 7. The molecule has 0 aliphatic carbocycles. The highest BCUT2D eigenvalue weighted by Crippen LogP contribution is 2.30. The highest BCUT2D eigenvalue weighted by atomic mass is 32.2. The molecule has 0 saturated carbocycles. The van der Waals surface area contributed by atoms with Crippen LogP contribution in [-0.2, 0) is 25.2 Å².